The van der Waals surface area contributed by atoms with E-state index in [0.29, 0.717) is 22.0 Å². The summed E-state index contributed by atoms with van der Waals surface area (Å²) in [4.78, 5) is 12.4. The van der Waals surface area contributed by atoms with Crippen LogP contribution >= 0.6 is 11.6 Å². The number of aromatic nitrogens is 2. The average molecular weight is 406 g/mol. The van der Waals surface area contributed by atoms with Crippen LogP contribution in [0.2, 0.25) is 5.15 Å². The zero-order chi connectivity index (χ0) is 20.4. The van der Waals surface area contributed by atoms with Gasteiger partial charge in [0.1, 0.15) is 16.3 Å². The summed E-state index contributed by atoms with van der Waals surface area (Å²) in [6.45, 7) is 1.80. The van der Waals surface area contributed by atoms with Crippen LogP contribution in [0.25, 0.3) is 16.7 Å². The predicted octanol–water partition coefficient (Wildman–Crippen LogP) is 3.82. The molecule has 0 atom stereocenters. The highest BCUT2D eigenvalue weighted by Gasteiger charge is 2.14. The first kappa shape index (κ1) is 18.6. The molecule has 2 heterocycles. The Morgan fingerprint density at radius 1 is 1.21 bits per heavy atom. The van der Waals surface area contributed by atoms with Crippen LogP contribution in [-0.4, -0.2) is 21.9 Å². The fourth-order valence-corrected chi connectivity index (χ4v) is 3.18. The topological polar surface area (TPSA) is 96.3 Å². The van der Waals surface area contributed by atoms with Gasteiger partial charge < -0.3 is 4.42 Å². The van der Waals surface area contributed by atoms with Gasteiger partial charge in [-0.1, -0.05) is 48.0 Å². The van der Waals surface area contributed by atoms with Crippen LogP contribution in [-0.2, 0) is 0 Å². The van der Waals surface area contributed by atoms with Crippen LogP contribution in [0.15, 0.2) is 70.2 Å². The van der Waals surface area contributed by atoms with Crippen molar-refractivity contribution in [3.05, 3.63) is 88.2 Å². The number of fused-ring (bicyclic) bond motifs is 1. The Labute approximate surface area is 170 Å². The van der Waals surface area contributed by atoms with Crippen LogP contribution in [0.1, 0.15) is 21.6 Å². The molecule has 4 rings (SSSR count). The summed E-state index contributed by atoms with van der Waals surface area (Å²) in [5, 5.41) is 17.4. The third-order valence-corrected chi connectivity index (χ3v) is 4.69. The highest BCUT2D eigenvalue weighted by molar-refractivity contribution is 6.32. The monoisotopic (exact) mass is 405 g/mol. The SMILES string of the molecule is Cc1nn(-c2ccccc2)c(Cl)c1C=NNC(=O)c1cc2ccccc2oc1=N. The van der Waals surface area contributed by atoms with E-state index < -0.39 is 5.91 Å². The summed E-state index contributed by atoms with van der Waals surface area (Å²) >= 11 is 6.44. The van der Waals surface area contributed by atoms with Crippen molar-refractivity contribution >= 4 is 34.7 Å². The van der Waals surface area contributed by atoms with Gasteiger partial charge in [-0.2, -0.15) is 10.2 Å². The van der Waals surface area contributed by atoms with Gasteiger partial charge in [0.15, 0.2) is 0 Å². The van der Waals surface area contributed by atoms with Crippen LogP contribution in [0.4, 0.5) is 0 Å². The molecule has 8 heteroatoms. The minimum Gasteiger partial charge on any atom is -0.438 e. The minimum atomic E-state index is -0.551. The third kappa shape index (κ3) is 3.68. The van der Waals surface area contributed by atoms with Crippen LogP contribution in [0.5, 0.6) is 0 Å². The highest BCUT2D eigenvalue weighted by atomic mass is 35.5. The molecular weight excluding hydrogens is 390 g/mol. The second-order valence-electron chi connectivity index (χ2n) is 6.26. The summed E-state index contributed by atoms with van der Waals surface area (Å²) in [5.41, 5.74) is 4.87. The molecule has 7 nitrogen and oxygen atoms in total. The van der Waals surface area contributed by atoms with E-state index in [1.54, 1.807) is 35.9 Å². The minimum absolute atomic E-state index is 0.0867. The Morgan fingerprint density at radius 3 is 2.72 bits per heavy atom. The van der Waals surface area contributed by atoms with E-state index in [0.717, 1.165) is 11.1 Å². The number of benzene rings is 2. The molecule has 1 amide bonds. The van der Waals surface area contributed by atoms with Crippen molar-refractivity contribution in [1.29, 1.82) is 5.41 Å². The Balaban J connectivity index is 1.57. The Bertz CT molecular complexity index is 1290. The standard InChI is InChI=1S/C21H16ClN5O2/c1-13-17(19(22)27(26-13)15-8-3-2-4-9-15)12-24-25-21(28)16-11-14-7-5-6-10-18(14)29-20(16)23/h2-12,23H,1H3,(H,25,28). The van der Waals surface area contributed by atoms with E-state index in [1.807, 2.05) is 36.4 Å². The maximum Gasteiger partial charge on any atom is 0.276 e. The maximum absolute atomic E-state index is 12.4. The highest BCUT2D eigenvalue weighted by Crippen LogP contribution is 2.21. The number of rotatable bonds is 4. The van der Waals surface area contributed by atoms with E-state index in [9.17, 15) is 4.79 Å². The van der Waals surface area contributed by atoms with Crippen LogP contribution < -0.4 is 11.0 Å². The second kappa shape index (κ2) is 7.73. The molecule has 144 valence electrons. The number of nitrogens with zero attached hydrogens (tertiary/aromatic N) is 3. The fraction of sp³-hybridized carbons (Fsp3) is 0.0476. The van der Waals surface area contributed by atoms with Gasteiger partial charge in [0.05, 0.1) is 23.2 Å². The van der Waals surface area contributed by atoms with E-state index in [-0.39, 0.29) is 11.1 Å². The van der Waals surface area contributed by atoms with Gasteiger partial charge >= 0.3 is 0 Å². The molecule has 2 aromatic heterocycles. The van der Waals surface area contributed by atoms with Crippen molar-refractivity contribution in [3.63, 3.8) is 0 Å². The molecule has 29 heavy (non-hydrogen) atoms. The summed E-state index contributed by atoms with van der Waals surface area (Å²) in [6.07, 6.45) is 1.43. The molecule has 0 saturated carbocycles. The van der Waals surface area contributed by atoms with Gasteiger partial charge in [-0.15, -0.1) is 0 Å². The Hall–Kier alpha value is -3.71. The molecule has 0 aliphatic carbocycles. The smallest absolute Gasteiger partial charge is 0.276 e. The van der Waals surface area contributed by atoms with E-state index in [2.05, 4.69) is 15.6 Å². The van der Waals surface area contributed by atoms with E-state index >= 15 is 0 Å². The van der Waals surface area contributed by atoms with E-state index in [1.165, 1.54) is 6.21 Å². The molecule has 2 aromatic carbocycles. The molecule has 0 saturated heterocycles. The largest absolute Gasteiger partial charge is 0.438 e. The molecule has 0 aliphatic rings. The van der Waals surface area contributed by atoms with Crippen LogP contribution in [0.3, 0.4) is 0 Å². The molecule has 0 bridgehead atoms. The zero-order valence-electron chi connectivity index (χ0n) is 15.4. The lowest BCUT2D eigenvalue weighted by molar-refractivity contribution is 0.0951. The predicted molar refractivity (Wildman–Crippen MR) is 110 cm³/mol. The third-order valence-electron chi connectivity index (χ3n) is 4.33. The number of halogens is 1. The van der Waals surface area contributed by atoms with Gasteiger partial charge in [0, 0.05) is 5.39 Å². The zero-order valence-corrected chi connectivity index (χ0v) is 16.1. The fourth-order valence-electron chi connectivity index (χ4n) is 2.86. The summed E-state index contributed by atoms with van der Waals surface area (Å²) in [5.74, 6) is -0.551. The molecule has 4 aromatic rings. The van der Waals surface area contributed by atoms with Crippen molar-refractivity contribution in [3.8, 4) is 5.69 Å². The summed E-state index contributed by atoms with van der Waals surface area (Å²) < 4.78 is 6.99. The van der Waals surface area contributed by atoms with Crippen LogP contribution in [0, 0.1) is 12.3 Å². The number of amides is 1. The number of hydrazone groups is 1. The number of carbonyl (C=O) groups excluding carboxylic acids is 1. The van der Waals surface area contributed by atoms with Crippen molar-refractivity contribution in [1.82, 2.24) is 15.2 Å². The Morgan fingerprint density at radius 2 is 1.93 bits per heavy atom. The number of nitrogens with one attached hydrogen (secondary N) is 2. The van der Waals surface area contributed by atoms with Crippen molar-refractivity contribution in [2.24, 2.45) is 5.10 Å². The number of hydrogen-bond donors (Lipinski definition) is 2. The number of carbonyl (C=O) groups is 1. The van der Waals surface area contributed by atoms with Crippen molar-refractivity contribution in [2.45, 2.75) is 6.92 Å². The number of aryl methyl sites for hydroxylation is 1. The summed E-state index contributed by atoms with van der Waals surface area (Å²) in [7, 11) is 0. The quantitative estimate of drug-likeness (QED) is 0.399. The summed E-state index contributed by atoms with van der Waals surface area (Å²) in [6, 6.07) is 18.2. The molecular formula is C21H16ClN5O2. The molecule has 2 N–H and O–H groups in total. The first-order chi connectivity index (χ1) is 14.0. The second-order valence-corrected chi connectivity index (χ2v) is 6.62. The first-order valence-corrected chi connectivity index (χ1v) is 9.14. The van der Waals surface area contributed by atoms with Gasteiger partial charge in [-0.25, -0.2) is 10.1 Å². The molecule has 0 fully saturated rings. The lowest BCUT2D eigenvalue weighted by Gasteiger charge is -2.03. The number of para-hydroxylation sites is 2. The normalized spacial score (nSPS) is 11.2. The van der Waals surface area contributed by atoms with Gasteiger partial charge in [0.2, 0.25) is 5.55 Å². The van der Waals surface area contributed by atoms with Crippen molar-refractivity contribution in [2.75, 3.05) is 0 Å². The van der Waals surface area contributed by atoms with E-state index in [4.69, 9.17) is 21.4 Å². The lowest BCUT2D eigenvalue weighted by Crippen LogP contribution is -2.24. The number of hydrogen-bond acceptors (Lipinski definition) is 5. The molecule has 0 aliphatic heterocycles. The average Bonchev–Trinajstić information content (AvgIpc) is 3.02. The Kier molecular flexibility index (Phi) is 4.97. The van der Waals surface area contributed by atoms with Gasteiger partial charge in [0.25, 0.3) is 5.91 Å². The molecule has 0 spiro atoms. The molecule has 0 radical (unpaired) electrons. The first-order valence-electron chi connectivity index (χ1n) is 8.76. The van der Waals surface area contributed by atoms with Crippen molar-refractivity contribution < 1.29 is 9.21 Å². The van der Waals surface area contributed by atoms with Gasteiger partial charge in [-0.3, -0.25) is 10.2 Å². The molecule has 0 unspecified atom stereocenters. The lowest BCUT2D eigenvalue weighted by atomic mass is 10.2. The van der Waals surface area contributed by atoms with Gasteiger partial charge in [-0.05, 0) is 31.2 Å². The maximum atomic E-state index is 12.4.